The van der Waals surface area contributed by atoms with Crippen LogP contribution in [0.4, 0.5) is 5.69 Å². The third-order valence-electron chi connectivity index (χ3n) is 3.63. The molecule has 0 aliphatic heterocycles. The van der Waals surface area contributed by atoms with Crippen LogP contribution in [-0.4, -0.2) is 28.0 Å². The van der Waals surface area contributed by atoms with Crippen molar-refractivity contribution in [3.8, 4) is 5.69 Å². The third-order valence-corrected chi connectivity index (χ3v) is 6.03. The molecule has 0 radical (unpaired) electrons. The van der Waals surface area contributed by atoms with Gasteiger partial charge >= 0.3 is 0 Å². The van der Waals surface area contributed by atoms with E-state index >= 15 is 0 Å². The summed E-state index contributed by atoms with van der Waals surface area (Å²) in [4.78, 5) is 14.3. The Morgan fingerprint density at radius 3 is 2.40 bits per heavy atom. The van der Waals surface area contributed by atoms with Gasteiger partial charge in [0.2, 0.25) is 5.91 Å². The van der Waals surface area contributed by atoms with Gasteiger partial charge in [0.1, 0.15) is 0 Å². The van der Waals surface area contributed by atoms with Gasteiger partial charge in [-0.3, -0.25) is 4.79 Å². The lowest BCUT2D eigenvalue weighted by molar-refractivity contribution is -0.117. The zero-order chi connectivity index (χ0) is 17.8. The minimum atomic E-state index is -0.255. The lowest BCUT2D eigenvalue weighted by Gasteiger charge is -2.20. The van der Waals surface area contributed by atoms with Gasteiger partial charge in [-0.1, -0.05) is 59.5 Å². The van der Waals surface area contributed by atoms with E-state index in [2.05, 4.69) is 5.10 Å². The summed E-state index contributed by atoms with van der Waals surface area (Å²) in [6.07, 6.45) is 0. The van der Waals surface area contributed by atoms with Crippen molar-refractivity contribution in [2.24, 2.45) is 0 Å². The molecule has 1 atom stereocenters. The SMILES string of the molecule is CC(Sc1nn(-c2ccccc2)c(=S)s1)C(=O)N(C)c1ccccc1. The maximum Gasteiger partial charge on any atom is 0.240 e. The summed E-state index contributed by atoms with van der Waals surface area (Å²) >= 11 is 8.27. The Balaban J connectivity index is 1.74. The van der Waals surface area contributed by atoms with Crippen LogP contribution in [0.2, 0.25) is 0 Å². The zero-order valence-electron chi connectivity index (χ0n) is 13.8. The molecule has 1 amide bonds. The van der Waals surface area contributed by atoms with Gasteiger partial charge in [0.05, 0.1) is 10.9 Å². The van der Waals surface area contributed by atoms with Crippen LogP contribution < -0.4 is 4.90 Å². The van der Waals surface area contributed by atoms with Crippen molar-refractivity contribution in [1.82, 2.24) is 9.78 Å². The summed E-state index contributed by atoms with van der Waals surface area (Å²) in [6.45, 7) is 1.89. The molecule has 1 unspecified atom stereocenters. The highest BCUT2D eigenvalue weighted by molar-refractivity contribution is 8.02. The molecular formula is C18H17N3OS3. The monoisotopic (exact) mass is 387 g/mol. The van der Waals surface area contributed by atoms with Gasteiger partial charge in [-0.15, -0.1) is 5.10 Å². The molecule has 0 bridgehead atoms. The largest absolute Gasteiger partial charge is 0.315 e. The fourth-order valence-corrected chi connectivity index (χ4v) is 4.89. The Bertz CT molecular complexity index is 906. The summed E-state index contributed by atoms with van der Waals surface area (Å²) in [5.74, 6) is 0.0311. The summed E-state index contributed by atoms with van der Waals surface area (Å²) in [5.41, 5.74) is 1.80. The number of aromatic nitrogens is 2. The highest BCUT2D eigenvalue weighted by Gasteiger charge is 2.21. The molecule has 128 valence electrons. The number of nitrogens with zero attached hydrogens (tertiary/aromatic N) is 3. The number of para-hydroxylation sites is 2. The van der Waals surface area contributed by atoms with Crippen LogP contribution in [0.1, 0.15) is 6.92 Å². The first-order valence-corrected chi connectivity index (χ1v) is 9.81. The van der Waals surface area contributed by atoms with Gasteiger partial charge in [0, 0.05) is 12.7 Å². The molecule has 0 aliphatic carbocycles. The van der Waals surface area contributed by atoms with Crippen LogP contribution in [0.3, 0.4) is 0 Å². The van der Waals surface area contributed by atoms with E-state index in [1.54, 1.807) is 16.6 Å². The minimum absolute atomic E-state index is 0.0311. The minimum Gasteiger partial charge on any atom is -0.315 e. The number of hydrogen-bond donors (Lipinski definition) is 0. The molecule has 0 aliphatic rings. The maximum absolute atomic E-state index is 12.7. The fraction of sp³-hybridized carbons (Fsp3) is 0.167. The van der Waals surface area contributed by atoms with Crippen molar-refractivity contribution < 1.29 is 4.79 Å². The van der Waals surface area contributed by atoms with Gasteiger partial charge in [-0.05, 0) is 43.4 Å². The van der Waals surface area contributed by atoms with Gasteiger partial charge < -0.3 is 4.90 Å². The molecule has 3 aromatic rings. The van der Waals surface area contributed by atoms with E-state index in [1.807, 2.05) is 67.6 Å². The van der Waals surface area contributed by atoms with Gasteiger partial charge in [0.15, 0.2) is 8.29 Å². The predicted octanol–water partition coefficient (Wildman–Crippen LogP) is 4.81. The van der Waals surface area contributed by atoms with Crippen LogP contribution in [0, 0.1) is 3.95 Å². The molecule has 0 saturated carbocycles. The van der Waals surface area contributed by atoms with E-state index in [9.17, 15) is 4.79 Å². The van der Waals surface area contributed by atoms with Crippen molar-refractivity contribution >= 4 is 46.9 Å². The molecule has 1 aromatic heterocycles. The molecule has 0 fully saturated rings. The standard InChI is InChI=1S/C18H17N3OS3/c1-13(16(22)20(2)14-9-5-3-6-10-14)24-17-19-21(18(23)25-17)15-11-7-4-8-12-15/h3-13H,1-2H3. The molecule has 0 N–H and O–H groups in total. The Hall–Kier alpha value is -1.96. The number of hydrogen-bond acceptors (Lipinski definition) is 5. The van der Waals surface area contributed by atoms with Crippen LogP contribution in [-0.2, 0) is 4.79 Å². The van der Waals surface area contributed by atoms with E-state index in [4.69, 9.17) is 12.2 Å². The van der Waals surface area contributed by atoms with E-state index in [0.29, 0.717) is 3.95 Å². The first kappa shape index (κ1) is 17.8. The number of carbonyl (C=O) groups excluding carboxylic acids is 1. The fourth-order valence-electron chi connectivity index (χ4n) is 2.29. The van der Waals surface area contributed by atoms with E-state index in [-0.39, 0.29) is 11.2 Å². The van der Waals surface area contributed by atoms with Crippen LogP contribution in [0.15, 0.2) is 65.0 Å². The molecule has 3 rings (SSSR count). The molecule has 4 nitrogen and oxygen atoms in total. The summed E-state index contributed by atoms with van der Waals surface area (Å²) in [7, 11) is 1.79. The number of benzene rings is 2. The topological polar surface area (TPSA) is 38.1 Å². The Morgan fingerprint density at radius 1 is 1.16 bits per heavy atom. The van der Waals surface area contributed by atoms with E-state index in [0.717, 1.165) is 15.7 Å². The summed E-state index contributed by atoms with van der Waals surface area (Å²) in [5, 5.41) is 4.30. The summed E-state index contributed by atoms with van der Waals surface area (Å²) < 4.78 is 3.20. The zero-order valence-corrected chi connectivity index (χ0v) is 16.3. The third kappa shape index (κ3) is 4.18. The molecular weight excluding hydrogens is 370 g/mol. The average molecular weight is 388 g/mol. The smallest absolute Gasteiger partial charge is 0.240 e. The van der Waals surface area contributed by atoms with E-state index in [1.165, 1.54) is 23.1 Å². The lowest BCUT2D eigenvalue weighted by atomic mass is 10.3. The maximum atomic E-state index is 12.7. The Labute approximate surface area is 160 Å². The second kappa shape index (κ2) is 7.95. The second-order valence-corrected chi connectivity index (χ2v) is 8.58. The van der Waals surface area contributed by atoms with Crippen molar-refractivity contribution in [1.29, 1.82) is 0 Å². The Morgan fingerprint density at radius 2 is 1.76 bits per heavy atom. The molecule has 0 saturated heterocycles. The van der Waals surface area contributed by atoms with Crippen molar-refractivity contribution in [3.05, 3.63) is 64.6 Å². The molecule has 0 spiro atoms. The van der Waals surface area contributed by atoms with Crippen molar-refractivity contribution in [2.45, 2.75) is 16.5 Å². The highest BCUT2D eigenvalue weighted by atomic mass is 32.2. The predicted molar refractivity (Wildman–Crippen MR) is 107 cm³/mol. The molecule has 1 heterocycles. The molecule has 2 aromatic carbocycles. The second-order valence-electron chi connectivity index (χ2n) is 5.37. The van der Waals surface area contributed by atoms with Crippen LogP contribution in [0.25, 0.3) is 5.69 Å². The van der Waals surface area contributed by atoms with E-state index < -0.39 is 0 Å². The number of rotatable bonds is 5. The quantitative estimate of drug-likeness (QED) is 0.465. The van der Waals surface area contributed by atoms with Crippen molar-refractivity contribution in [3.63, 3.8) is 0 Å². The van der Waals surface area contributed by atoms with Crippen molar-refractivity contribution in [2.75, 3.05) is 11.9 Å². The lowest BCUT2D eigenvalue weighted by Crippen LogP contribution is -2.33. The molecule has 7 heteroatoms. The number of anilines is 1. The number of carbonyl (C=O) groups is 1. The van der Waals surface area contributed by atoms with Gasteiger partial charge in [0.25, 0.3) is 0 Å². The average Bonchev–Trinajstić information content (AvgIpc) is 3.02. The highest BCUT2D eigenvalue weighted by Crippen LogP contribution is 2.29. The number of amides is 1. The first-order valence-electron chi connectivity index (χ1n) is 7.71. The van der Waals surface area contributed by atoms with Gasteiger partial charge in [-0.2, -0.15) is 0 Å². The van der Waals surface area contributed by atoms with Crippen LogP contribution in [0.5, 0.6) is 0 Å². The Kier molecular flexibility index (Phi) is 5.67. The first-order chi connectivity index (χ1) is 12.1. The summed E-state index contributed by atoms with van der Waals surface area (Å²) in [6, 6.07) is 19.4. The van der Waals surface area contributed by atoms with Gasteiger partial charge in [-0.25, -0.2) is 4.68 Å². The number of thioether (sulfide) groups is 1. The molecule has 25 heavy (non-hydrogen) atoms. The van der Waals surface area contributed by atoms with Crippen LogP contribution >= 0.6 is 35.3 Å². The normalized spacial score (nSPS) is 11.9.